The van der Waals surface area contributed by atoms with Crippen LogP contribution in [-0.4, -0.2) is 22.6 Å². The number of nitrogens with zero attached hydrogens (tertiary/aromatic N) is 3. The zero-order valence-corrected chi connectivity index (χ0v) is 10.0. The molecule has 1 aliphatic heterocycles. The Labute approximate surface area is 99.8 Å². The number of hydrogen-bond acceptors (Lipinski definition) is 4. The molecule has 2 N–H and O–H groups in total. The average molecular weight is 239 g/mol. The number of rotatable bonds is 1. The van der Waals surface area contributed by atoms with Crippen LogP contribution in [0.15, 0.2) is 0 Å². The lowest BCUT2D eigenvalue weighted by Crippen LogP contribution is -2.33. The zero-order chi connectivity index (χ0) is 11.3. The van der Waals surface area contributed by atoms with Gasteiger partial charge in [0.2, 0.25) is 5.28 Å². The van der Waals surface area contributed by atoms with Gasteiger partial charge in [0.15, 0.2) is 5.82 Å². The van der Waals surface area contributed by atoms with Crippen molar-refractivity contribution in [2.24, 2.45) is 5.92 Å². The summed E-state index contributed by atoms with van der Waals surface area (Å²) in [6, 6.07) is 0.609. The molecule has 86 valence electrons. The van der Waals surface area contributed by atoms with Gasteiger partial charge in [0, 0.05) is 12.6 Å². The highest BCUT2D eigenvalue weighted by Gasteiger charge is 2.39. The second-order valence-electron chi connectivity index (χ2n) is 4.80. The molecule has 1 aromatic heterocycles. The van der Waals surface area contributed by atoms with E-state index in [0.717, 1.165) is 24.0 Å². The molecule has 2 fully saturated rings. The number of aromatic nitrogens is 2. The summed E-state index contributed by atoms with van der Waals surface area (Å²) in [4.78, 5) is 10.7. The maximum atomic E-state index is 6.04. The van der Waals surface area contributed by atoms with Crippen LogP contribution in [0.25, 0.3) is 0 Å². The second kappa shape index (κ2) is 3.48. The first-order valence-corrected chi connectivity index (χ1v) is 6.09. The molecule has 0 aromatic carbocycles. The monoisotopic (exact) mass is 238 g/mol. The summed E-state index contributed by atoms with van der Waals surface area (Å²) in [7, 11) is 0. The Kier molecular flexibility index (Phi) is 2.21. The lowest BCUT2D eigenvalue weighted by molar-refractivity contribution is 0.550. The summed E-state index contributed by atoms with van der Waals surface area (Å²) in [5, 5.41) is 0.296. The van der Waals surface area contributed by atoms with Crippen LogP contribution in [0.5, 0.6) is 0 Å². The second-order valence-corrected chi connectivity index (χ2v) is 5.14. The Bertz CT molecular complexity index is 434. The number of nitrogen functional groups attached to an aromatic ring is 1. The highest BCUT2D eigenvalue weighted by molar-refractivity contribution is 6.28. The molecule has 0 radical (unpaired) electrons. The van der Waals surface area contributed by atoms with Crippen molar-refractivity contribution in [3.8, 4) is 0 Å². The van der Waals surface area contributed by atoms with E-state index >= 15 is 0 Å². The molecule has 1 aliphatic carbocycles. The summed E-state index contributed by atoms with van der Waals surface area (Å²) < 4.78 is 0. The third-order valence-corrected chi connectivity index (χ3v) is 3.94. The Morgan fingerprint density at radius 3 is 2.81 bits per heavy atom. The van der Waals surface area contributed by atoms with Crippen molar-refractivity contribution >= 4 is 23.1 Å². The van der Waals surface area contributed by atoms with Crippen molar-refractivity contribution in [1.29, 1.82) is 0 Å². The van der Waals surface area contributed by atoms with Crippen LogP contribution in [0, 0.1) is 12.8 Å². The van der Waals surface area contributed by atoms with E-state index in [2.05, 4.69) is 14.9 Å². The molecule has 1 saturated heterocycles. The third-order valence-electron chi connectivity index (χ3n) is 3.77. The molecular weight excluding hydrogens is 224 g/mol. The molecule has 1 saturated carbocycles. The summed E-state index contributed by atoms with van der Waals surface area (Å²) in [6.45, 7) is 2.95. The van der Waals surface area contributed by atoms with Gasteiger partial charge in [0.05, 0.1) is 11.4 Å². The normalized spacial score (nSPS) is 27.8. The number of piperidine rings is 1. The standard InChI is InChI=1S/C11H15ClN4/c1-6-9(13)10(15-11(12)14-6)16-5-7-2-3-8(16)4-7/h7-8H,2-5,13H2,1H3. The van der Waals surface area contributed by atoms with Crippen molar-refractivity contribution < 1.29 is 0 Å². The van der Waals surface area contributed by atoms with Gasteiger partial charge in [-0.15, -0.1) is 0 Å². The lowest BCUT2D eigenvalue weighted by atomic mass is 10.1. The van der Waals surface area contributed by atoms with Crippen molar-refractivity contribution in [2.75, 3.05) is 17.2 Å². The van der Waals surface area contributed by atoms with Gasteiger partial charge in [-0.3, -0.25) is 0 Å². The molecule has 4 nitrogen and oxygen atoms in total. The molecule has 2 bridgehead atoms. The van der Waals surface area contributed by atoms with Crippen molar-refractivity contribution in [3.05, 3.63) is 11.0 Å². The van der Waals surface area contributed by atoms with Gasteiger partial charge in [-0.2, -0.15) is 4.98 Å². The number of nitrogens with two attached hydrogens (primary N) is 1. The van der Waals surface area contributed by atoms with Crippen LogP contribution in [-0.2, 0) is 0 Å². The fourth-order valence-electron chi connectivity index (χ4n) is 2.94. The maximum Gasteiger partial charge on any atom is 0.224 e. The molecule has 2 aliphatic rings. The predicted octanol–water partition coefficient (Wildman–Crippen LogP) is 2.01. The summed E-state index contributed by atoms with van der Waals surface area (Å²) in [5.74, 6) is 1.66. The van der Waals surface area contributed by atoms with Crippen molar-refractivity contribution in [3.63, 3.8) is 0 Å². The predicted molar refractivity (Wildman–Crippen MR) is 64.7 cm³/mol. The van der Waals surface area contributed by atoms with Crippen LogP contribution in [0.4, 0.5) is 11.5 Å². The molecule has 2 unspecified atom stereocenters. The van der Waals surface area contributed by atoms with Gasteiger partial charge < -0.3 is 10.6 Å². The van der Waals surface area contributed by atoms with Gasteiger partial charge in [-0.25, -0.2) is 4.98 Å². The van der Waals surface area contributed by atoms with Crippen LogP contribution in [0.3, 0.4) is 0 Å². The number of halogens is 1. The number of hydrogen-bond donors (Lipinski definition) is 1. The molecule has 0 spiro atoms. The van der Waals surface area contributed by atoms with Gasteiger partial charge >= 0.3 is 0 Å². The first kappa shape index (κ1) is 10.1. The van der Waals surface area contributed by atoms with E-state index in [1.54, 1.807) is 0 Å². The van der Waals surface area contributed by atoms with E-state index < -0.39 is 0 Å². The van der Waals surface area contributed by atoms with E-state index in [0.29, 0.717) is 17.0 Å². The smallest absolute Gasteiger partial charge is 0.224 e. The van der Waals surface area contributed by atoms with E-state index in [4.69, 9.17) is 17.3 Å². The Morgan fingerprint density at radius 2 is 2.19 bits per heavy atom. The Balaban J connectivity index is 2.00. The molecule has 1 aromatic rings. The molecule has 3 rings (SSSR count). The van der Waals surface area contributed by atoms with Crippen LogP contribution < -0.4 is 10.6 Å². The number of anilines is 2. The van der Waals surface area contributed by atoms with Gasteiger partial charge in [0.1, 0.15) is 0 Å². The highest BCUT2D eigenvalue weighted by Crippen LogP contribution is 2.41. The Hall–Kier alpha value is -1.03. The summed E-state index contributed by atoms with van der Waals surface area (Å²) >= 11 is 5.90. The number of fused-ring (bicyclic) bond motifs is 2. The van der Waals surface area contributed by atoms with E-state index in [-0.39, 0.29) is 0 Å². The molecule has 2 atom stereocenters. The van der Waals surface area contributed by atoms with E-state index in [9.17, 15) is 0 Å². The van der Waals surface area contributed by atoms with Crippen LogP contribution in [0.1, 0.15) is 25.0 Å². The maximum absolute atomic E-state index is 6.04. The largest absolute Gasteiger partial charge is 0.394 e. The van der Waals surface area contributed by atoms with E-state index in [1.807, 2.05) is 6.92 Å². The van der Waals surface area contributed by atoms with E-state index in [1.165, 1.54) is 19.3 Å². The molecule has 5 heteroatoms. The minimum Gasteiger partial charge on any atom is -0.394 e. The minimum atomic E-state index is 0.296. The van der Waals surface area contributed by atoms with Crippen molar-refractivity contribution in [1.82, 2.24) is 9.97 Å². The first-order valence-electron chi connectivity index (χ1n) is 5.71. The third kappa shape index (κ3) is 1.44. The zero-order valence-electron chi connectivity index (χ0n) is 9.28. The average Bonchev–Trinajstić information content (AvgIpc) is 2.84. The molecular formula is C11H15ClN4. The van der Waals surface area contributed by atoms with Crippen LogP contribution in [0.2, 0.25) is 5.28 Å². The van der Waals surface area contributed by atoms with Gasteiger partial charge in [0.25, 0.3) is 0 Å². The molecule has 2 heterocycles. The topological polar surface area (TPSA) is 55.0 Å². The first-order chi connectivity index (χ1) is 7.65. The SMILES string of the molecule is Cc1nc(Cl)nc(N2CC3CCC2C3)c1N. The van der Waals surface area contributed by atoms with Crippen molar-refractivity contribution in [2.45, 2.75) is 32.2 Å². The van der Waals surface area contributed by atoms with Crippen LogP contribution >= 0.6 is 11.6 Å². The van der Waals surface area contributed by atoms with Gasteiger partial charge in [-0.1, -0.05) is 0 Å². The molecule has 16 heavy (non-hydrogen) atoms. The fourth-order valence-corrected chi connectivity index (χ4v) is 3.14. The summed E-state index contributed by atoms with van der Waals surface area (Å²) in [6.07, 6.45) is 3.88. The summed E-state index contributed by atoms with van der Waals surface area (Å²) in [5.41, 5.74) is 7.49. The minimum absolute atomic E-state index is 0.296. The molecule has 0 amide bonds. The Morgan fingerprint density at radius 1 is 1.38 bits per heavy atom. The highest BCUT2D eigenvalue weighted by atomic mass is 35.5. The van der Waals surface area contributed by atoms with Gasteiger partial charge in [-0.05, 0) is 43.7 Å². The fraction of sp³-hybridized carbons (Fsp3) is 0.636. The number of aryl methyl sites for hydroxylation is 1. The quantitative estimate of drug-likeness (QED) is 0.761. The lowest BCUT2D eigenvalue weighted by Gasteiger charge is -2.29.